The van der Waals surface area contributed by atoms with Gasteiger partial charge in [-0.2, -0.15) is 0 Å². The lowest BCUT2D eigenvalue weighted by atomic mass is 9.91. The second kappa shape index (κ2) is 5.38. The highest BCUT2D eigenvalue weighted by Crippen LogP contribution is 2.19. The Morgan fingerprint density at radius 2 is 1.86 bits per heavy atom. The van der Waals surface area contributed by atoms with Crippen LogP contribution in [0.3, 0.4) is 0 Å². The van der Waals surface area contributed by atoms with Crippen molar-refractivity contribution in [2.75, 3.05) is 13.6 Å². The summed E-state index contributed by atoms with van der Waals surface area (Å²) in [5.41, 5.74) is 0.0980. The van der Waals surface area contributed by atoms with Gasteiger partial charge in [0.05, 0.1) is 0 Å². The smallest absolute Gasteiger partial charge is 0.222 e. The third-order valence-corrected chi connectivity index (χ3v) is 2.39. The van der Waals surface area contributed by atoms with Crippen LogP contribution in [-0.4, -0.2) is 24.4 Å². The molecule has 2 nitrogen and oxygen atoms in total. The van der Waals surface area contributed by atoms with Crippen molar-refractivity contribution in [2.24, 2.45) is 11.3 Å². The number of carbonyl (C=O) groups excluding carboxylic acids is 1. The molecule has 0 fully saturated rings. The number of hydrogen-bond acceptors (Lipinski definition) is 1. The minimum atomic E-state index is 0.0980. The van der Waals surface area contributed by atoms with Gasteiger partial charge < -0.3 is 4.90 Å². The molecule has 0 aromatic heterocycles. The zero-order chi connectivity index (χ0) is 11.4. The van der Waals surface area contributed by atoms with Crippen LogP contribution in [-0.2, 0) is 4.79 Å². The highest BCUT2D eigenvalue weighted by molar-refractivity contribution is 5.76. The Morgan fingerprint density at radius 3 is 2.21 bits per heavy atom. The van der Waals surface area contributed by atoms with Crippen LogP contribution in [0.15, 0.2) is 0 Å². The van der Waals surface area contributed by atoms with Crippen molar-refractivity contribution in [3.63, 3.8) is 0 Å². The van der Waals surface area contributed by atoms with Crippen LogP contribution in [0.5, 0.6) is 0 Å². The Hall–Kier alpha value is -0.530. The molecule has 0 aliphatic carbocycles. The predicted octanol–water partition coefficient (Wildman–Crippen LogP) is 2.93. The van der Waals surface area contributed by atoms with Crippen molar-refractivity contribution < 1.29 is 4.79 Å². The van der Waals surface area contributed by atoms with Crippen LogP contribution < -0.4 is 0 Å². The maximum absolute atomic E-state index is 11.7. The molecule has 1 atom stereocenters. The van der Waals surface area contributed by atoms with Gasteiger partial charge in [0.15, 0.2) is 0 Å². The van der Waals surface area contributed by atoms with Gasteiger partial charge in [-0.05, 0) is 11.3 Å². The number of nitrogens with zero attached hydrogens (tertiary/aromatic N) is 1. The SMILES string of the molecule is CCC(C)CN(C)C(=O)CC(C)(C)C. The van der Waals surface area contributed by atoms with Crippen LogP contribution in [0.1, 0.15) is 47.5 Å². The van der Waals surface area contributed by atoms with Gasteiger partial charge in [-0.15, -0.1) is 0 Å². The molecule has 0 aliphatic heterocycles. The van der Waals surface area contributed by atoms with Crippen molar-refractivity contribution in [1.82, 2.24) is 4.90 Å². The Labute approximate surface area is 88.7 Å². The molecule has 0 rings (SSSR count). The van der Waals surface area contributed by atoms with Gasteiger partial charge in [0.25, 0.3) is 0 Å². The first-order chi connectivity index (χ1) is 6.26. The molecular weight excluding hydrogens is 174 g/mol. The highest BCUT2D eigenvalue weighted by atomic mass is 16.2. The summed E-state index contributed by atoms with van der Waals surface area (Å²) >= 11 is 0. The van der Waals surface area contributed by atoms with Crippen molar-refractivity contribution in [3.8, 4) is 0 Å². The summed E-state index contributed by atoms with van der Waals surface area (Å²) < 4.78 is 0. The van der Waals surface area contributed by atoms with Gasteiger partial charge in [0.2, 0.25) is 5.91 Å². The van der Waals surface area contributed by atoms with Crippen molar-refractivity contribution in [3.05, 3.63) is 0 Å². The minimum absolute atomic E-state index is 0.0980. The molecule has 1 amide bonds. The molecule has 0 heterocycles. The average Bonchev–Trinajstić information content (AvgIpc) is 2.00. The van der Waals surface area contributed by atoms with E-state index >= 15 is 0 Å². The van der Waals surface area contributed by atoms with E-state index in [4.69, 9.17) is 0 Å². The van der Waals surface area contributed by atoms with E-state index in [1.54, 1.807) is 0 Å². The first-order valence-electron chi connectivity index (χ1n) is 5.50. The average molecular weight is 199 g/mol. The van der Waals surface area contributed by atoms with E-state index in [0.29, 0.717) is 12.3 Å². The third kappa shape index (κ3) is 6.01. The lowest BCUT2D eigenvalue weighted by Crippen LogP contribution is -2.33. The molecular formula is C12H25NO. The van der Waals surface area contributed by atoms with E-state index in [1.165, 1.54) is 0 Å². The predicted molar refractivity (Wildman–Crippen MR) is 61.2 cm³/mol. The van der Waals surface area contributed by atoms with Crippen LogP contribution >= 0.6 is 0 Å². The lowest BCUT2D eigenvalue weighted by Gasteiger charge is -2.25. The number of amides is 1. The summed E-state index contributed by atoms with van der Waals surface area (Å²) in [6.07, 6.45) is 1.77. The molecule has 0 saturated heterocycles. The zero-order valence-electron chi connectivity index (χ0n) is 10.6. The number of carbonyl (C=O) groups is 1. The largest absolute Gasteiger partial charge is 0.345 e. The van der Waals surface area contributed by atoms with E-state index < -0.39 is 0 Å². The van der Waals surface area contributed by atoms with Gasteiger partial charge in [-0.3, -0.25) is 4.79 Å². The van der Waals surface area contributed by atoms with Gasteiger partial charge >= 0.3 is 0 Å². The molecule has 84 valence electrons. The van der Waals surface area contributed by atoms with E-state index in [9.17, 15) is 4.79 Å². The Bertz CT molecular complexity index is 181. The normalized spacial score (nSPS) is 13.9. The molecule has 0 N–H and O–H groups in total. The fraction of sp³-hybridized carbons (Fsp3) is 0.917. The summed E-state index contributed by atoms with van der Waals surface area (Å²) in [7, 11) is 1.90. The molecule has 0 aromatic carbocycles. The topological polar surface area (TPSA) is 20.3 Å². The first-order valence-corrected chi connectivity index (χ1v) is 5.50. The summed E-state index contributed by atoms with van der Waals surface area (Å²) in [5, 5.41) is 0. The molecule has 0 aliphatic rings. The van der Waals surface area contributed by atoms with Crippen molar-refractivity contribution in [2.45, 2.75) is 47.5 Å². The second-order valence-electron chi connectivity index (χ2n) is 5.53. The quantitative estimate of drug-likeness (QED) is 0.681. The summed E-state index contributed by atoms with van der Waals surface area (Å²) in [6, 6.07) is 0. The summed E-state index contributed by atoms with van der Waals surface area (Å²) in [6.45, 7) is 11.5. The van der Waals surface area contributed by atoms with Gasteiger partial charge in [-0.25, -0.2) is 0 Å². The Balaban J connectivity index is 4.00. The monoisotopic (exact) mass is 199 g/mol. The molecule has 14 heavy (non-hydrogen) atoms. The molecule has 1 unspecified atom stereocenters. The van der Waals surface area contributed by atoms with Crippen molar-refractivity contribution in [1.29, 1.82) is 0 Å². The van der Waals surface area contributed by atoms with Gasteiger partial charge in [-0.1, -0.05) is 41.0 Å². The fourth-order valence-corrected chi connectivity index (χ4v) is 1.29. The van der Waals surface area contributed by atoms with Crippen LogP contribution in [0.25, 0.3) is 0 Å². The number of rotatable bonds is 4. The molecule has 0 radical (unpaired) electrons. The van der Waals surface area contributed by atoms with Crippen LogP contribution in [0, 0.1) is 11.3 Å². The standard InChI is InChI=1S/C12H25NO/c1-7-10(2)9-13(6)11(14)8-12(3,4)5/h10H,7-9H2,1-6H3. The summed E-state index contributed by atoms with van der Waals surface area (Å²) in [5.74, 6) is 0.863. The third-order valence-electron chi connectivity index (χ3n) is 2.39. The minimum Gasteiger partial charge on any atom is -0.345 e. The Kier molecular flexibility index (Phi) is 5.17. The van der Waals surface area contributed by atoms with Gasteiger partial charge in [0, 0.05) is 20.0 Å². The molecule has 0 bridgehead atoms. The van der Waals surface area contributed by atoms with E-state index in [0.717, 1.165) is 13.0 Å². The number of hydrogen-bond donors (Lipinski definition) is 0. The lowest BCUT2D eigenvalue weighted by molar-refractivity contribution is -0.132. The van der Waals surface area contributed by atoms with E-state index in [-0.39, 0.29) is 11.3 Å². The van der Waals surface area contributed by atoms with E-state index in [2.05, 4.69) is 34.6 Å². The molecule has 0 spiro atoms. The molecule has 2 heteroatoms. The highest BCUT2D eigenvalue weighted by Gasteiger charge is 2.19. The van der Waals surface area contributed by atoms with Gasteiger partial charge in [0.1, 0.15) is 0 Å². The fourth-order valence-electron chi connectivity index (χ4n) is 1.29. The van der Waals surface area contributed by atoms with E-state index in [1.807, 2.05) is 11.9 Å². The Morgan fingerprint density at radius 1 is 1.36 bits per heavy atom. The zero-order valence-corrected chi connectivity index (χ0v) is 10.6. The molecule has 0 aromatic rings. The first kappa shape index (κ1) is 13.5. The second-order valence-corrected chi connectivity index (χ2v) is 5.53. The van der Waals surface area contributed by atoms with Crippen LogP contribution in [0.2, 0.25) is 0 Å². The maximum Gasteiger partial charge on any atom is 0.222 e. The molecule has 0 saturated carbocycles. The maximum atomic E-state index is 11.7. The van der Waals surface area contributed by atoms with Crippen LogP contribution in [0.4, 0.5) is 0 Å². The summed E-state index contributed by atoms with van der Waals surface area (Å²) in [4.78, 5) is 13.6. The van der Waals surface area contributed by atoms with Crippen molar-refractivity contribution >= 4 is 5.91 Å².